The molecule has 0 saturated heterocycles. The van der Waals surface area contributed by atoms with Crippen molar-refractivity contribution < 1.29 is 27.4 Å². The highest BCUT2D eigenvalue weighted by atomic mass is 19.4. The fourth-order valence-electron chi connectivity index (χ4n) is 3.19. The van der Waals surface area contributed by atoms with Crippen LogP contribution in [0.2, 0.25) is 0 Å². The molecule has 1 aliphatic heterocycles. The largest absolute Gasteiger partial charge is 0.486 e. The van der Waals surface area contributed by atoms with E-state index in [0.29, 0.717) is 37.6 Å². The second-order valence-electron chi connectivity index (χ2n) is 6.44. The van der Waals surface area contributed by atoms with Gasteiger partial charge in [0, 0.05) is 0 Å². The molecule has 1 fully saturated rings. The van der Waals surface area contributed by atoms with Gasteiger partial charge in [0.1, 0.15) is 13.2 Å². The summed E-state index contributed by atoms with van der Waals surface area (Å²) < 4.78 is 50.4. The summed E-state index contributed by atoms with van der Waals surface area (Å²) in [4.78, 5) is 12.8. The Labute approximate surface area is 147 Å². The van der Waals surface area contributed by atoms with Gasteiger partial charge in [-0.15, -0.1) is 0 Å². The summed E-state index contributed by atoms with van der Waals surface area (Å²) in [6, 6.07) is 10.2. The van der Waals surface area contributed by atoms with Crippen molar-refractivity contribution in [3.05, 3.63) is 53.6 Å². The molecule has 0 unspecified atom stereocenters. The summed E-state index contributed by atoms with van der Waals surface area (Å²) in [5, 5.41) is 2.47. The van der Waals surface area contributed by atoms with E-state index in [4.69, 9.17) is 9.47 Å². The zero-order chi connectivity index (χ0) is 18.4. The highest BCUT2D eigenvalue weighted by Crippen LogP contribution is 2.51. The molecule has 0 bridgehead atoms. The van der Waals surface area contributed by atoms with Gasteiger partial charge in [0.05, 0.1) is 16.7 Å². The van der Waals surface area contributed by atoms with Crippen molar-refractivity contribution in [1.82, 2.24) is 0 Å². The number of nitrogens with one attached hydrogen (secondary N) is 1. The Morgan fingerprint density at radius 2 is 1.69 bits per heavy atom. The van der Waals surface area contributed by atoms with Crippen LogP contribution in [0.5, 0.6) is 11.5 Å². The van der Waals surface area contributed by atoms with E-state index in [2.05, 4.69) is 5.32 Å². The second-order valence-corrected chi connectivity index (χ2v) is 6.44. The molecule has 0 radical (unpaired) electrons. The molecule has 0 aromatic heterocycles. The van der Waals surface area contributed by atoms with Crippen LogP contribution in [0.25, 0.3) is 0 Å². The maximum Gasteiger partial charge on any atom is 0.418 e. The fourth-order valence-corrected chi connectivity index (χ4v) is 3.19. The fraction of sp³-hybridized carbons (Fsp3) is 0.316. The van der Waals surface area contributed by atoms with Gasteiger partial charge in [-0.05, 0) is 42.7 Å². The molecule has 1 aliphatic carbocycles. The van der Waals surface area contributed by atoms with E-state index in [-0.39, 0.29) is 5.69 Å². The molecule has 1 saturated carbocycles. The Hall–Kier alpha value is -2.70. The standard InChI is InChI=1S/C19H16F3NO3/c20-19(21,22)13-3-1-2-4-14(13)23-17(24)18(7-8-18)12-5-6-15-16(11-12)26-10-9-25-15/h1-6,11H,7-10H2,(H,23,24). The first-order valence-corrected chi connectivity index (χ1v) is 8.28. The average molecular weight is 363 g/mol. The van der Waals surface area contributed by atoms with Crippen LogP contribution in [0.4, 0.5) is 18.9 Å². The summed E-state index contributed by atoms with van der Waals surface area (Å²) in [5.41, 5.74) is -1.18. The summed E-state index contributed by atoms with van der Waals surface area (Å²) >= 11 is 0. The van der Waals surface area contributed by atoms with Crippen LogP contribution in [-0.2, 0) is 16.4 Å². The van der Waals surface area contributed by atoms with E-state index in [1.807, 2.05) is 0 Å². The van der Waals surface area contributed by atoms with Crippen molar-refractivity contribution in [2.24, 2.45) is 0 Å². The highest BCUT2D eigenvalue weighted by molar-refractivity contribution is 6.02. The van der Waals surface area contributed by atoms with Crippen molar-refractivity contribution >= 4 is 11.6 Å². The van der Waals surface area contributed by atoms with Gasteiger partial charge in [-0.1, -0.05) is 18.2 Å². The first kappa shape index (κ1) is 16.8. The normalized spacial score (nSPS) is 17.5. The quantitative estimate of drug-likeness (QED) is 0.891. The number of ether oxygens (including phenoxy) is 2. The summed E-state index contributed by atoms with van der Waals surface area (Å²) in [6.07, 6.45) is -3.38. The van der Waals surface area contributed by atoms with Crippen LogP contribution < -0.4 is 14.8 Å². The summed E-state index contributed by atoms with van der Waals surface area (Å²) in [5.74, 6) is 0.730. The third-order valence-corrected chi connectivity index (χ3v) is 4.76. The summed E-state index contributed by atoms with van der Waals surface area (Å²) in [7, 11) is 0. The van der Waals surface area contributed by atoms with E-state index < -0.39 is 23.1 Å². The molecule has 4 rings (SSSR count). The van der Waals surface area contributed by atoms with Crippen molar-refractivity contribution in [2.45, 2.75) is 24.4 Å². The van der Waals surface area contributed by atoms with E-state index in [9.17, 15) is 18.0 Å². The number of amides is 1. The van der Waals surface area contributed by atoms with Crippen molar-refractivity contribution in [2.75, 3.05) is 18.5 Å². The number of fused-ring (bicyclic) bond motifs is 1. The zero-order valence-corrected chi connectivity index (χ0v) is 13.7. The number of para-hydroxylation sites is 1. The minimum absolute atomic E-state index is 0.228. The van der Waals surface area contributed by atoms with E-state index in [1.54, 1.807) is 18.2 Å². The Morgan fingerprint density at radius 1 is 1.00 bits per heavy atom. The van der Waals surface area contributed by atoms with Gasteiger partial charge in [-0.3, -0.25) is 4.79 Å². The van der Waals surface area contributed by atoms with Crippen LogP contribution in [0, 0.1) is 0 Å². The van der Waals surface area contributed by atoms with Gasteiger partial charge >= 0.3 is 6.18 Å². The lowest BCUT2D eigenvalue weighted by atomic mass is 9.94. The number of hydrogen-bond acceptors (Lipinski definition) is 3. The first-order chi connectivity index (χ1) is 12.4. The summed E-state index contributed by atoms with van der Waals surface area (Å²) in [6.45, 7) is 0.890. The molecular formula is C19H16F3NO3. The van der Waals surface area contributed by atoms with Gasteiger partial charge in [0.2, 0.25) is 5.91 Å². The molecule has 2 aromatic rings. The SMILES string of the molecule is O=C(Nc1ccccc1C(F)(F)F)C1(c2ccc3c(c2)OCCO3)CC1. The Kier molecular flexibility index (Phi) is 3.82. The third-order valence-electron chi connectivity index (χ3n) is 4.76. The number of carbonyl (C=O) groups is 1. The molecule has 1 heterocycles. The van der Waals surface area contributed by atoms with Crippen LogP contribution in [0.15, 0.2) is 42.5 Å². The maximum atomic E-state index is 13.1. The molecule has 4 nitrogen and oxygen atoms in total. The van der Waals surface area contributed by atoms with Crippen molar-refractivity contribution in [3.8, 4) is 11.5 Å². The lowest BCUT2D eigenvalue weighted by Gasteiger charge is -2.22. The first-order valence-electron chi connectivity index (χ1n) is 8.28. The van der Waals surface area contributed by atoms with Crippen LogP contribution in [-0.4, -0.2) is 19.1 Å². The zero-order valence-electron chi connectivity index (χ0n) is 13.7. The number of halogens is 3. The van der Waals surface area contributed by atoms with Crippen molar-refractivity contribution in [1.29, 1.82) is 0 Å². The number of alkyl halides is 3. The number of rotatable bonds is 3. The maximum absolute atomic E-state index is 13.1. The monoisotopic (exact) mass is 363 g/mol. The minimum atomic E-state index is -4.53. The second kappa shape index (κ2) is 5.93. The predicted octanol–water partition coefficient (Wildman–Crippen LogP) is 4.15. The van der Waals surface area contributed by atoms with E-state index >= 15 is 0 Å². The molecule has 2 aliphatic rings. The Balaban J connectivity index is 1.61. The van der Waals surface area contributed by atoms with E-state index in [0.717, 1.165) is 11.6 Å². The van der Waals surface area contributed by atoms with E-state index in [1.165, 1.54) is 18.2 Å². The molecule has 7 heteroatoms. The molecule has 0 spiro atoms. The van der Waals surface area contributed by atoms with Gasteiger partial charge in [0.15, 0.2) is 11.5 Å². The van der Waals surface area contributed by atoms with Gasteiger partial charge in [-0.25, -0.2) is 0 Å². The number of benzene rings is 2. The smallest absolute Gasteiger partial charge is 0.418 e. The average Bonchev–Trinajstić information content (AvgIpc) is 3.43. The lowest BCUT2D eigenvalue weighted by Crippen LogP contribution is -2.29. The number of hydrogen-bond donors (Lipinski definition) is 1. The van der Waals surface area contributed by atoms with Crippen molar-refractivity contribution in [3.63, 3.8) is 0 Å². The predicted molar refractivity (Wildman–Crippen MR) is 88.4 cm³/mol. The van der Waals surface area contributed by atoms with Gasteiger partial charge in [0.25, 0.3) is 0 Å². The molecule has 0 atom stereocenters. The van der Waals surface area contributed by atoms with Crippen LogP contribution >= 0.6 is 0 Å². The Bertz CT molecular complexity index is 859. The molecule has 1 amide bonds. The molecule has 2 aromatic carbocycles. The number of carbonyl (C=O) groups excluding carboxylic acids is 1. The third kappa shape index (κ3) is 2.87. The van der Waals surface area contributed by atoms with Crippen LogP contribution in [0.3, 0.4) is 0 Å². The van der Waals surface area contributed by atoms with Gasteiger partial charge in [-0.2, -0.15) is 13.2 Å². The molecule has 26 heavy (non-hydrogen) atoms. The highest BCUT2D eigenvalue weighted by Gasteiger charge is 2.52. The Morgan fingerprint density at radius 3 is 2.38 bits per heavy atom. The molecular weight excluding hydrogens is 347 g/mol. The van der Waals surface area contributed by atoms with Crippen LogP contribution in [0.1, 0.15) is 24.0 Å². The number of anilines is 1. The lowest BCUT2D eigenvalue weighted by molar-refractivity contribution is -0.137. The van der Waals surface area contributed by atoms with Gasteiger partial charge < -0.3 is 14.8 Å². The minimum Gasteiger partial charge on any atom is -0.486 e. The molecule has 136 valence electrons. The molecule has 1 N–H and O–H groups in total. The topological polar surface area (TPSA) is 47.6 Å².